The van der Waals surface area contributed by atoms with Crippen molar-refractivity contribution in [2.75, 3.05) is 6.54 Å². The molecule has 0 N–H and O–H groups in total. The van der Waals surface area contributed by atoms with Crippen LogP contribution in [0.1, 0.15) is 25.3 Å². The van der Waals surface area contributed by atoms with Gasteiger partial charge in [0.1, 0.15) is 12.7 Å². The van der Waals surface area contributed by atoms with E-state index in [2.05, 4.69) is 6.92 Å². The van der Waals surface area contributed by atoms with Crippen LogP contribution in [0.4, 0.5) is 4.79 Å². The van der Waals surface area contributed by atoms with Gasteiger partial charge in [0.05, 0.1) is 12.5 Å². The van der Waals surface area contributed by atoms with Gasteiger partial charge in [0.2, 0.25) is 0 Å². The molecular formula is C16H19NO4. The van der Waals surface area contributed by atoms with Crippen molar-refractivity contribution >= 4 is 12.1 Å². The van der Waals surface area contributed by atoms with Crippen molar-refractivity contribution < 1.29 is 19.1 Å². The van der Waals surface area contributed by atoms with Gasteiger partial charge in [-0.1, -0.05) is 37.3 Å². The van der Waals surface area contributed by atoms with E-state index in [4.69, 9.17) is 9.47 Å². The van der Waals surface area contributed by atoms with Crippen LogP contribution in [0.25, 0.3) is 0 Å². The van der Waals surface area contributed by atoms with Crippen LogP contribution in [0.15, 0.2) is 30.3 Å². The number of ether oxygens (including phenoxy) is 2. The van der Waals surface area contributed by atoms with E-state index in [1.165, 1.54) is 0 Å². The fourth-order valence-electron chi connectivity index (χ4n) is 3.07. The number of fused-ring (bicyclic) bond motifs is 1. The summed E-state index contributed by atoms with van der Waals surface area (Å²) in [5.74, 6) is 0.0846. The first-order valence-corrected chi connectivity index (χ1v) is 7.30. The molecule has 21 heavy (non-hydrogen) atoms. The molecule has 0 aliphatic carbocycles. The Bertz CT molecular complexity index is 530. The Balaban J connectivity index is 1.64. The van der Waals surface area contributed by atoms with Crippen molar-refractivity contribution in [3.63, 3.8) is 0 Å². The second kappa shape index (κ2) is 5.76. The standard InChI is InChI=1S/C16H19NO4/c1-11-7-14-13(8-15(18)21-14)17(9-11)16(19)20-10-12-5-3-2-4-6-12/h2-6,11,13-14H,7-10H2,1H3/t11-,13+,14-/m1/s1. The second-order valence-electron chi connectivity index (χ2n) is 5.83. The number of rotatable bonds is 2. The Morgan fingerprint density at radius 3 is 2.90 bits per heavy atom. The molecular weight excluding hydrogens is 270 g/mol. The lowest BCUT2D eigenvalue weighted by molar-refractivity contribution is -0.142. The van der Waals surface area contributed by atoms with Crippen LogP contribution in [0.2, 0.25) is 0 Å². The van der Waals surface area contributed by atoms with Crippen LogP contribution in [-0.2, 0) is 20.9 Å². The molecule has 2 fully saturated rings. The zero-order chi connectivity index (χ0) is 14.8. The molecule has 1 amide bonds. The lowest BCUT2D eigenvalue weighted by Crippen LogP contribution is -2.51. The molecule has 0 unspecified atom stereocenters. The lowest BCUT2D eigenvalue weighted by Gasteiger charge is -2.37. The normalized spacial score (nSPS) is 28.0. The number of carbonyl (C=O) groups excluding carboxylic acids is 2. The largest absolute Gasteiger partial charge is 0.460 e. The average Bonchev–Trinajstić information content (AvgIpc) is 2.85. The molecule has 5 nitrogen and oxygen atoms in total. The summed E-state index contributed by atoms with van der Waals surface area (Å²) in [4.78, 5) is 25.4. The van der Waals surface area contributed by atoms with E-state index in [1.54, 1.807) is 4.90 Å². The van der Waals surface area contributed by atoms with Gasteiger partial charge in [0, 0.05) is 6.54 Å². The maximum absolute atomic E-state index is 12.3. The molecule has 3 rings (SSSR count). The number of hydrogen-bond donors (Lipinski definition) is 0. The first-order valence-electron chi connectivity index (χ1n) is 7.30. The maximum Gasteiger partial charge on any atom is 0.410 e. The molecule has 5 heteroatoms. The monoisotopic (exact) mass is 289 g/mol. The Morgan fingerprint density at radius 2 is 2.14 bits per heavy atom. The predicted octanol–water partition coefficient (Wildman–Crippen LogP) is 2.35. The highest BCUT2D eigenvalue weighted by Gasteiger charge is 2.45. The smallest absolute Gasteiger partial charge is 0.410 e. The average molecular weight is 289 g/mol. The van der Waals surface area contributed by atoms with E-state index in [-0.39, 0.29) is 37.2 Å². The number of benzene rings is 1. The van der Waals surface area contributed by atoms with Gasteiger partial charge in [-0.3, -0.25) is 4.79 Å². The van der Waals surface area contributed by atoms with Crippen molar-refractivity contribution in [1.29, 1.82) is 0 Å². The minimum atomic E-state index is -0.362. The molecule has 0 bridgehead atoms. The molecule has 0 spiro atoms. The Morgan fingerprint density at radius 1 is 1.38 bits per heavy atom. The molecule has 1 aromatic rings. The lowest BCUT2D eigenvalue weighted by atomic mass is 9.92. The molecule has 2 heterocycles. The summed E-state index contributed by atoms with van der Waals surface area (Å²) in [5, 5.41) is 0. The summed E-state index contributed by atoms with van der Waals surface area (Å²) >= 11 is 0. The van der Waals surface area contributed by atoms with Crippen molar-refractivity contribution in [3.05, 3.63) is 35.9 Å². The molecule has 2 aliphatic rings. The number of likely N-dealkylation sites (tertiary alicyclic amines) is 1. The second-order valence-corrected chi connectivity index (χ2v) is 5.83. The molecule has 1 aromatic carbocycles. The number of piperidine rings is 1. The van der Waals surface area contributed by atoms with Crippen molar-refractivity contribution in [2.24, 2.45) is 5.92 Å². The molecule has 3 atom stereocenters. The number of nitrogens with zero attached hydrogens (tertiary/aromatic N) is 1. The minimum absolute atomic E-state index is 0.169. The van der Waals surface area contributed by atoms with E-state index in [1.807, 2.05) is 30.3 Å². The molecule has 112 valence electrons. The van der Waals surface area contributed by atoms with Gasteiger partial charge in [-0.15, -0.1) is 0 Å². The fraction of sp³-hybridized carbons (Fsp3) is 0.500. The Kier molecular flexibility index (Phi) is 3.82. The summed E-state index contributed by atoms with van der Waals surface area (Å²) in [6.45, 7) is 2.92. The van der Waals surface area contributed by atoms with Crippen molar-refractivity contribution in [2.45, 2.75) is 38.5 Å². The topological polar surface area (TPSA) is 55.8 Å². The number of esters is 1. The third-order valence-electron chi connectivity index (χ3n) is 4.07. The van der Waals surface area contributed by atoms with Crippen LogP contribution < -0.4 is 0 Å². The molecule has 0 radical (unpaired) electrons. The Labute approximate surface area is 123 Å². The van der Waals surface area contributed by atoms with Gasteiger partial charge in [-0.25, -0.2) is 4.79 Å². The summed E-state index contributed by atoms with van der Waals surface area (Å²) in [7, 11) is 0. The zero-order valence-electron chi connectivity index (χ0n) is 12.0. The van der Waals surface area contributed by atoms with E-state index in [0.29, 0.717) is 12.5 Å². The first-order chi connectivity index (χ1) is 10.1. The summed E-state index contributed by atoms with van der Waals surface area (Å²) in [6.07, 6.45) is 0.556. The van der Waals surface area contributed by atoms with E-state index in [9.17, 15) is 9.59 Å². The highest BCUT2D eigenvalue weighted by molar-refractivity contribution is 5.76. The third kappa shape index (κ3) is 3.01. The van der Waals surface area contributed by atoms with Crippen LogP contribution in [-0.4, -0.2) is 35.7 Å². The molecule has 2 aliphatic heterocycles. The van der Waals surface area contributed by atoms with Crippen molar-refractivity contribution in [3.8, 4) is 0 Å². The van der Waals surface area contributed by atoms with Crippen LogP contribution in [0, 0.1) is 5.92 Å². The molecule has 0 saturated carbocycles. The van der Waals surface area contributed by atoms with E-state index in [0.717, 1.165) is 12.0 Å². The fourth-order valence-corrected chi connectivity index (χ4v) is 3.07. The van der Waals surface area contributed by atoms with Crippen LogP contribution in [0.3, 0.4) is 0 Å². The number of hydrogen-bond acceptors (Lipinski definition) is 4. The van der Waals surface area contributed by atoms with Crippen molar-refractivity contribution in [1.82, 2.24) is 4.90 Å². The van der Waals surface area contributed by atoms with Gasteiger partial charge in [-0.2, -0.15) is 0 Å². The van der Waals surface area contributed by atoms with Gasteiger partial charge in [-0.05, 0) is 17.9 Å². The maximum atomic E-state index is 12.3. The van der Waals surface area contributed by atoms with Gasteiger partial charge < -0.3 is 14.4 Å². The first kappa shape index (κ1) is 13.9. The summed E-state index contributed by atoms with van der Waals surface area (Å²) in [6, 6.07) is 9.40. The SMILES string of the molecule is C[C@@H]1C[C@H]2OC(=O)C[C@@H]2N(C(=O)OCc2ccccc2)C1. The van der Waals surface area contributed by atoms with Crippen LogP contribution >= 0.6 is 0 Å². The summed E-state index contributed by atoms with van der Waals surface area (Å²) in [5.41, 5.74) is 0.950. The highest BCUT2D eigenvalue weighted by Crippen LogP contribution is 2.32. The highest BCUT2D eigenvalue weighted by atomic mass is 16.6. The molecule has 2 saturated heterocycles. The predicted molar refractivity (Wildman–Crippen MR) is 75.4 cm³/mol. The van der Waals surface area contributed by atoms with Crippen LogP contribution in [0.5, 0.6) is 0 Å². The Hall–Kier alpha value is -2.04. The van der Waals surface area contributed by atoms with Gasteiger partial charge in [0.15, 0.2) is 0 Å². The number of carbonyl (C=O) groups is 2. The number of amides is 1. The zero-order valence-corrected chi connectivity index (χ0v) is 12.0. The minimum Gasteiger partial charge on any atom is -0.460 e. The quantitative estimate of drug-likeness (QED) is 0.784. The third-order valence-corrected chi connectivity index (χ3v) is 4.07. The van der Waals surface area contributed by atoms with E-state index < -0.39 is 0 Å². The van der Waals surface area contributed by atoms with E-state index >= 15 is 0 Å². The van der Waals surface area contributed by atoms with Gasteiger partial charge in [0.25, 0.3) is 0 Å². The molecule has 0 aromatic heterocycles. The summed E-state index contributed by atoms with van der Waals surface area (Å²) < 4.78 is 10.7. The van der Waals surface area contributed by atoms with Gasteiger partial charge >= 0.3 is 12.1 Å².